The van der Waals surface area contributed by atoms with E-state index in [1.54, 1.807) is 26.6 Å². The monoisotopic (exact) mass is 668 g/mol. The summed E-state index contributed by atoms with van der Waals surface area (Å²) in [6.45, 7) is 6.91. The summed E-state index contributed by atoms with van der Waals surface area (Å²) in [6.07, 6.45) is 28.9. The van der Waals surface area contributed by atoms with Gasteiger partial charge < -0.3 is 34.1 Å². The number of aliphatic hydroxyl groups excluding tert-OH is 1. The lowest BCUT2D eigenvalue weighted by Crippen LogP contribution is -2.65. The second kappa shape index (κ2) is 30.6. The standard InChI is InChI=1S/C39H73NO7/c1-6-9-11-13-14-15-16-17-18-19-20-21-22-24-26-28-35(41)40-36-38(37(42)34(32-43-4)47-39(36)46-30-8-3)45-31-29-33(44-5)27-25-23-12-10-7-2/h8,15-16,30,33-34,36-39,42H,6-7,9-14,17-29,31-32H2,1-5H3,(H,40,41)/b16-15-,30-8-/t33-,34-,36-,37?,38-,39+/m1/s1. The Morgan fingerprint density at radius 1 is 0.830 bits per heavy atom. The molecule has 8 nitrogen and oxygen atoms in total. The van der Waals surface area contributed by atoms with Crippen LogP contribution in [0.3, 0.4) is 0 Å². The Hall–Kier alpha value is -1.45. The maximum Gasteiger partial charge on any atom is 0.222 e. The molecule has 0 aromatic carbocycles. The third-order valence-electron chi connectivity index (χ3n) is 9.06. The molecule has 1 rings (SSSR count). The third kappa shape index (κ3) is 21.3. The smallest absolute Gasteiger partial charge is 0.222 e. The van der Waals surface area contributed by atoms with Crippen LogP contribution < -0.4 is 5.32 Å². The molecule has 2 N–H and O–H groups in total. The Morgan fingerprint density at radius 3 is 2.04 bits per heavy atom. The van der Waals surface area contributed by atoms with Gasteiger partial charge >= 0.3 is 0 Å². The van der Waals surface area contributed by atoms with Gasteiger partial charge in [0.2, 0.25) is 12.2 Å². The van der Waals surface area contributed by atoms with Crippen LogP contribution in [0.2, 0.25) is 0 Å². The molecule has 1 aliphatic rings. The molecule has 1 saturated heterocycles. The number of ether oxygens (including phenoxy) is 5. The average Bonchev–Trinajstić information content (AvgIpc) is 3.07. The van der Waals surface area contributed by atoms with Crippen LogP contribution in [0.25, 0.3) is 0 Å². The van der Waals surface area contributed by atoms with Crippen LogP contribution in [0.4, 0.5) is 0 Å². The number of rotatable bonds is 31. The SMILES string of the molecule is C/C=C\O[C@H]1O[C@H](COC)C(O)[C@H](OCC[C@@H](CCCCCCC)OC)[C@H]1NC(=O)CCCCCCCCC/C=C\CCCCCC. The Morgan fingerprint density at radius 2 is 1.43 bits per heavy atom. The molecule has 276 valence electrons. The highest BCUT2D eigenvalue weighted by atomic mass is 16.7. The zero-order valence-electron chi connectivity index (χ0n) is 30.9. The van der Waals surface area contributed by atoms with Gasteiger partial charge in [-0.1, -0.05) is 116 Å². The molecule has 0 radical (unpaired) electrons. The van der Waals surface area contributed by atoms with Gasteiger partial charge in [0.1, 0.15) is 24.4 Å². The van der Waals surface area contributed by atoms with Crippen LogP contribution >= 0.6 is 0 Å². The number of hydrogen-bond acceptors (Lipinski definition) is 7. The number of carbonyl (C=O) groups is 1. The van der Waals surface area contributed by atoms with Crippen LogP contribution in [-0.2, 0) is 28.5 Å². The summed E-state index contributed by atoms with van der Waals surface area (Å²) in [6, 6.07) is -0.665. The fraction of sp³-hybridized carbons (Fsp3) is 0.872. The van der Waals surface area contributed by atoms with Crippen LogP contribution in [0.5, 0.6) is 0 Å². The molecule has 0 aliphatic carbocycles. The first kappa shape index (κ1) is 43.6. The molecule has 6 atom stereocenters. The van der Waals surface area contributed by atoms with E-state index in [1.165, 1.54) is 89.9 Å². The van der Waals surface area contributed by atoms with Crippen molar-refractivity contribution in [2.75, 3.05) is 27.4 Å². The summed E-state index contributed by atoms with van der Waals surface area (Å²) < 4.78 is 29.3. The van der Waals surface area contributed by atoms with Crippen molar-refractivity contribution in [3.63, 3.8) is 0 Å². The van der Waals surface area contributed by atoms with E-state index in [9.17, 15) is 9.90 Å². The first-order valence-electron chi connectivity index (χ1n) is 19.2. The molecule has 0 aromatic rings. The van der Waals surface area contributed by atoms with Gasteiger partial charge in [0.05, 0.1) is 19.0 Å². The van der Waals surface area contributed by atoms with E-state index in [-0.39, 0.29) is 18.6 Å². The molecule has 0 bridgehead atoms. The highest BCUT2D eigenvalue weighted by Gasteiger charge is 2.47. The Bertz CT molecular complexity index is 776. The predicted molar refractivity (Wildman–Crippen MR) is 192 cm³/mol. The fourth-order valence-electron chi connectivity index (χ4n) is 6.15. The van der Waals surface area contributed by atoms with E-state index < -0.39 is 30.6 Å². The van der Waals surface area contributed by atoms with Crippen LogP contribution in [0, 0.1) is 0 Å². The lowest BCUT2D eigenvalue weighted by Gasteiger charge is -2.44. The largest absolute Gasteiger partial charge is 0.471 e. The highest BCUT2D eigenvalue weighted by molar-refractivity contribution is 5.76. The van der Waals surface area contributed by atoms with Crippen molar-refractivity contribution in [2.24, 2.45) is 0 Å². The van der Waals surface area contributed by atoms with Crippen molar-refractivity contribution in [3.8, 4) is 0 Å². The number of allylic oxidation sites excluding steroid dienone is 3. The Labute approximate surface area is 288 Å². The van der Waals surface area contributed by atoms with Crippen LogP contribution in [0.15, 0.2) is 24.5 Å². The van der Waals surface area contributed by atoms with Crippen molar-refractivity contribution < 1.29 is 33.6 Å². The number of amides is 1. The number of carbonyl (C=O) groups excluding carboxylic acids is 1. The fourth-order valence-corrected chi connectivity index (χ4v) is 6.15. The van der Waals surface area contributed by atoms with Gasteiger partial charge in [-0.05, 0) is 51.9 Å². The minimum atomic E-state index is -0.984. The topological polar surface area (TPSA) is 95.5 Å². The Kier molecular flexibility index (Phi) is 28.4. The molecule has 1 aliphatic heterocycles. The molecule has 8 heteroatoms. The molecular formula is C39H73NO7. The lowest BCUT2D eigenvalue weighted by atomic mass is 9.96. The predicted octanol–water partition coefficient (Wildman–Crippen LogP) is 8.94. The summed E-state index contributed by atoms with van der Waals surface area (Å²) in [4.78, 5) is 13.1. The zero-order chi connectivity index (χ0) is 34.4. The van der Waals surface area contributed by atoms with Crippen molar-refractivity contribution in [3.05, 3.63) is 24.5 Å². The van der Waals surface area contributed by atoms with E-state index in [2.05, 4.69) is 31.3 Å². The maximum absolute atomic E-state index is 13.1. The summed E-state index contributed by atoms with van der Waals surface area (Å²) in [5, 5.41) is 14.3. The van der Waals surface area contributed by atoms with Gasteiger partial charge in [-0.3, -0.25) is 4.79 Å². The number of methoxy groups -OCH3 is 2. The normalized spacial score (nSPS) is 22.3. The van der Waals surface area contributed by atoms with E-state index >= 15 is 0 Å². The minimum absolute atomic E-state index is 0.0815. The molecule has 47 heavy (non-hydrogen) atoms. The molecule has 0 aromatic heterocycles. The quantitative estimate of drug-likeness (QED) is 0.0433. The van der Waals surface area contributed by atoms with Crippen LogP contribution in [-0.4, -0.2) is 75.2 Å². The Balaban J connectivity index is 2.53. The zero-order valence-corrected chi connectivity index (χ0v) is 30.9. The lowest BCUT2D eigenvalue weighted by molar-refractivity contribution is -0.265. The number of nitrogens with one attached hydrogen (secondary N) is 1. The van der Waals surface area contributed by atoms with E-state index in [0.29, 0.717) is 19.4 Å². The summed E-state index contributed by atoms with van der Waals surface area (Å²) >= 11 is 0. The van der Waals surface area contributed by atoms with Gasteiger partial charge in [0, 0.05) is 27.2 Å². The highest BCUT2D eigenvalue weighted by Crippen LogP contribution is 2.26. The molecular weight excluding hydrogens is 594 g/mol. The van der Waals surface area contributed by atoms with Crippen molar-refractivity contribution in [2.45, 2.75) is 192 Å². The minimum Gasteiger partial charge on any atom is -0.471 e. The van der Waals surface area contributed by atoms with Crippen molar-refractivity contribution in [1.82, 2.24) is 5.32 Å². The molecule has 1 amide bonds. The summed E-state index contributed by atoms with van der Waals surface area (Å²) in [7, 11) is 3.31. The molecule has 0 saturated carbocycles. The number of aliphatic hydroxyl groups is 1. The molecule has 1 fully saturated rings. The number of hydrogen-bond donors (Lipinski definition) is 2. The van der Waals surface area contributed by atoms with E-state index in [1.807, 2.05) is 6.92 Å². The molecule has 1 heterocycles. The van der Waals surface area contributed by atoms with Gasteiger partial charge in [0.25, 0.3) is 0 Å². The van der Waals surface area contributed by atoms with Gasteiger partial charge in [-0.25, -0.2) is 0 Å². The first-order chi connectivity index (χ1) is 23.0. The maximum atomic E-state index is 13.1. The van der Waals surface area contributed by atoms with Gasteiger partial charge in [-0.2, -0.15) is 0 Å². The van der Waals surface area contributed by atoms with Crippen molar-refractivity contribution in [1.29, 1.82) is 0 Å². The van der Waals surface area contributed by atoms with Gasteiger partial charge in [-0.15, -0.1) is 0 Å². The summed E-state index contributed by atoms with van der Waals surface area (Å²) in [5.41, 5.74) is 0. The molecule has 1 unspecified atom stereocenters. The average molecular weight is 668 g/mol. The van der Waals surface area contributed by atoms with Crippen molar-refractivity contribution >= 4 is 5.91 Å². The number of unbranched alkanes of at least 4 members (excludes halogenated alkanes) is 15. The van der Waals surface area contributed by atoms with E-state index in [4.69, 9.17) is 23.7 Å². The van der Waals surface area contributed by atoms with E-state index in [0.717, 1.165) is 32.1 Å². The summed E-state index contributed by atoms with van der Waals surface area (Å²) in [5.74, 6) is -0.0815. The second-order valence-corrected chi connectivity index (χ2v) is 13.2. The third-order valence-corrected chi connectivity index (χ3v) is 9.06. The van der Waals surface area contributed by atoms with Gasteiger partial charge in [0.15, 0.2) is 0 Å². The molecule has 0 spiro atoms. The van der Waals surface area contributed by atoms with Crippen LogP contribution in [0.1, 0.15) is 156 Å². The second-order valence-electron chi connectivity index (χ2n) is 13.2. The first-order valence-corrected chi connectivity index (χ1v) is 19.2.